The molecule has 1 aliphatic carbocycles. The number of rotatable bonds is 6. The zero-order chi connectivity index (χ0) is 18.2. The zero-order valence-electron chi connectivity index (χ0n) is 15.0. The molecule has 0 aromatic heterocycles. The lowest BCUT2D eigenvalue weighted by Crippen LogP contribution is -2.42. The summed E-state index contributed by atoms with van der Waals surface area (Å²) in [6.07, 6.45) is 7.20. The topological polar surface area (TPSA) is 87.5 Å². The second-order valence-corrected chi connectivity index (χ2v) is 6.83. The van der Waals surface area contributed by atoms with E-state index in [1.807, 2.05) is 19.0 Å². The lowest BCUT2D eigenvalue weighted by atomic mass is 9.91. The Morgan fingerprint density at radius 1 is 1.28 bits per heavy atom. The molecule has 0 bridgehead atoms. The smallest absolute Gasteiger partial charge is 0.251 e. The highest BCUT2D eigenvalue weighted by Crippen LogP contribution is 2.18. The van der Waals surface area contributed by atoms with Gasteiger partial charge in [0, 0.05) is 38.8 Å². The van der Waals surface area contributed by atoms with Crippen molar-refractivity contribution in [1.82, 2.24) is 10.2 Å². The molecule has 1 aromatic rings. The van der Waals surface area contributed by atoms with Gasteiger partial charge in [0.2, 0.25) is 5.91 Å². The van der Waals surface area contributed by atoms with E-state index in [1.54, 1.807) is 30.3 Å². The van der Waals surface area contributed by atoms with Gasteiger partial charge in [-0.15, -0.1) is 0 Å². The number of anilines is 1. The number of benzene rings is 1. The van der Waals surface area contributed by atoms with E-state index < -0.39 is 0 Å². The third-order valence-electron chi connectivity index (χ3n) is 4.20. The maximum atomic E-state index is 12.3. The average molecular weight is 348 g/mol. The number of nitrogens with two attached hydrogens (primary N) is 1. The molecular formula is C19H32N4O2. The van der Waals surface area contributed by atoms with Crippen LogP contribution in [0.5, 0.6) is 0 Å². The van der Waals surface area contributed by atoms with Crippen molar-refractivity contribution in [2.24, 2.45) is 5.73 Å². The summed E-state index contributed by atoms with van der Waals surface area (Å²) in [5, 5.41) is 5.82. The Morgan fingerprint density at radius 3 is 2.64 bits per heavy atom. The average Bonchev–Trinajstić information content (AvgIpc) is 2.55. The van der Waals surface area contributed by atoms with E-state index >= 15 is 0 Å². The zero-order valence-corrected chi connectivity index (χ0v) is 15.0. The van der Waals surface area contributed by atoms with Crippen LogP contribution in [0, 0.1) is 0 Å². The number of likely N-dealkylation sites (N-methyl/N-ethyl adjacent to an activating group) is 1. The van der Waals surface area contributed by atoms with E-state index in [9.17, 15) is 9.59 Å². The lowest BCUT2D eigenvalue weighted by Gasteiger charge is -2.27. The Balaban J connectivity index is 0.00000338. The van der Waals surface area contributed by atoms with Crippen LogP contribution in [0.15, 0.2) is 36.4 Å². The first-order valence-electron chi connectivity index (χ1n) is 8.73. The second-order valence-electron chi connectivity index (χ2n) is 6.83. The van der Waals surface area contributed by atoms with Crippen molar-refractivity contribution >= 4 is 17.5 Å². The quantitative estimate of drug-likeness (QED) is 0.688. The second kappa shape index (κ2) is 9.34. The SMILES string of the molecule is CN(C)C/C=C/C(=O)Nc1ccc(C(=O)N[C@H]2CCC[C@@H](N)C2)cc1.[HH].[HH]. The van der Waals surface area contributed by atoms with Crippen molar-refractivity contribution in [3.8, 4) is 0 Å². The van der Waals surface area contributed by atoms with Gasteiger partial charge in [0.25, 0.3) is 5.91 Å². The Bertz CT molecular complexity index is 621. The van der Waals surface area contributed by atoms with Crippen LogP contribution in [0.2, 0.25) is 0 Å². The van der Waals surface area contributed by atoms with Crippen molar-refractivity contribution in [3.63, 3.8) is 0 Å². The monoisotopic (exact) mass is 348 g/mol. The number of carbonyl (C=O) groups is 2. The molecule has 1 fully saturated rings. The highest BCUT2D eigenvalue weighted by molar-refractivity contribution is 6.00. The maximum Gasteiger partial charge on any atom is 0.251 e. The van der Waals surface area contributed by atoms with Crippen LogP contribution in [0.25, 0.3) is 0 Å². The maximum absolute atomic E-state index is 12.3. The normalized spacial score (nSPS) is 20.6. The molecule has 1 aliphatic rings. The van der Waals surface area contributed by atoms with E-state index in [0.29, 0.717) is 17.8 Å². The minimum atomic E-state index is -0.185. The van der Waals surface area contributed by atoms with Crippen molar-refractivity contribution < 1.29 is 12.4 Å². The van der Waals surface area contributed by atoms with Gasteiger partial charge in [-0.3, -0.25) is 9.59 Å². The Kier molecular flexibility index (Phi) is 7.16. The molecule has 2 amide bonds. The molecule has 4 N–H and O–H groups in total. The first-order chi connectivity index (χ1) is 11.9. The molecule has 0 spiro atoms. The van der Waals surface area contributed by atoms with E-state index in [1.165, 1.54) is 6.08 Å². The fraction of sp³-hybridized carbons (Fsp3) is 0.474. The molecule has 6 nitrogen and oxygen atoms in total. The van der Waals surface area contributed by atoms with Crippen molar-refractivity contribution in [2.75, 3.05) is 26.0 Å². The predicted octanol–water partition coefficient (Wildman–Crippen LogP) is 2.23. The molecule has 0 saturated heterocycles. The van der Waals surface area contributed by atoms with Gasteiger partial charge in [0.1, 0.15) is 0 Å². The standard InChI is InChI=1S/C19H28N4O2.2H2/c1-23(2)12-4-7-18(24)21-16-10-8-14(9-11-16)19(25)22-17-6-3-5-15(20)13-17;;/h4,7-11,15,17H,3,5-6,12-13,20H2,1-2H3,(H,21,24)(H,22,25);2*1H/b7-4+;;/t15-,17+;;/m1../s1. The first kappa shape index (κ1) is 19.1. The summed E-state index contributed by atoms with van der Waals surface area (Å²) in [6, 6.07) is 7.24. The summed E-state index contributed by atoms with van der Waals surface area (Å²) in [5.41, 5.74) is 7.20. The van der Waals surface area contributed by atoms with Gasteiger partial charge in [-0.1, -0.05) is 6.08 Å². The highest BCUT2D eigenvalue weighted by atomic mass is 16.2. The summed E-state index contributed by atoms with van der Waals surface area (Å²) < 4.78 is 0. The van der Waals surface area contributed by atoms with Gasteiger partial charge in [0.05, 0.1) is 0 Å². The molecule has 1 saturated carbocycles. The minimum Gasteiger partial charge on any atom is -0.349 e. The summed E-state index contributed by atoms with van der Waals surface area (Å²) >= 11 is 0. The molecule has 2 rings (SSSR count). The van der Waals surface area contributed by atoms with Crippen LogP contribution in [0.3, 0.4) is 0 Å². The van der Waals surface area contributed by atoms with Crippen LogP contribution in [-0.4, -0.2) is 49.4 Å². The van der Waals surface area contributed by atoms with E-state index in [2.05, 4.69) is 10.6 Å². The third-order valence-corrected chi connectivity index (χ3v) is 4.20. The summed E-state index contributed by atoms with van der Waals surface area (Å²) in [5.74, 6) is -0.280. The van der Waals surface area contributed by atoms with Crippen LogP contribution in [0.1, 0.15) is 38.9 Å². The molecule has 0 heterocycles. The molecular weight excluding hydrogens is 316 g/mol. The Morgan fingerprint density at radius 2 is 2.00 bits per heavy atom. The van der Waals surface area contributed by atoms with Crippen molar-refractivity contribution in [2.45, 2.75) is 37.8 Å². The number of hydrogen-bond acceptors (Lipinski definition) is 4. The summed E-state index contributed by atoms with van der Waals surface area (Å²) in [6.45, 7) is 0.706. The van der Waals surface area contributed by atoms with Crippen molar-refractivity contribution in [3.05, 3.63) is 42.0 Å². The fourth-order valence-electron chi connectivity index (χ4n) is 2.89. The Hall–Kier alpha value is -2.18. The number of nitrogens with zero attached hydrogens (tertiary/aromatic N) is 1. The van der Waals surface area contributed by atoms with Crippen LogP contribution in [0.4, 0.5) is 5.69 Å². The predicted molar refractivity (Wildman–Crippen MR) is 105 cm³/mol. The van der Waals surface area contributed by atoms with Gasteiger partial charge in [-0.05, 0) is 64.0 Å². The van der Waals surface area contributed by atoms with E-state index in [-0.39, 0.29) is 26.8 Å². The lowest BCUT2D eigenvalue weighted by molar-refractivity contribution is -0.111. The minimum absolute atomic E-state index is 0. The molecule has 0 aliphatic heterocycles. The van der Waals surface area contributed by atoms with Gasteiger partial charge in [0.15, 0.2) is 0 Å². The van der Waals surface area contributed by atoms with Crippen LogP contribution in [-0.2, 0) is 4.79 Å². The number of amides is 2. The highest BCUT2D eigenvalue weighted by Gasteiger charge is 2.21. The Labute approximate surface area is 152 Å². The number of carbonyl (C=O) groups excluding carboxylic acids is 2. The third kappa shape index (κ3) is 6.68. The number of hydrogen-bond donors (Lipinski definition) is 3. The first-order valence-corrected chi connectivity index (χ1v) is 8.73. The van der Waals surface area contributed by atoms with Gasteiger partial charge in [-0.25, -0.2) is 0 Å². The van der Waals surface area contributed by atoms with Crippen molar-refractivity contribution in [1.29, 1.82) is 0 Å². The number of nitrogens with one attached hydrogen (secondary N) is 2. The van der Waals surface area contributed by atoms with Crippen LogP contribution < -0.4 is 16.4 Å². The fourth-order valence-corrected chi connectivity index (χ4v) is 2.89. The molecule has 1 aromatic carbocycles. The molecule has 140 valence electrons. The van der Waals surface area contributed by atoms with E-state index in [4.69, 9.17) is 5.73 Å². The summed E-state index contributed by atoms with van der Waals surface area (Å²) in [4.78, 5) is 26.1. The largest absolute Gasteiger partial charge is 0.349 e. The van der Waals surface area contributed by atoms with Gasteiger partial charge < -0.3 is 21.3 Å². The van der Waals surface area contributed by atoms with Gasteiger partial charge in [-0.2, -0.15) is 0 Å². The molecule has 6 heteroatoms. The summed E-state index contributed by atoms with van der Waals surface area (Å²) in [7, 11) is 3.88. The molecule has 0 unspecified atom stereocenters. The van der Waals surface area contributed by atoms with E-state index in [0.717, 1.165) is 25.7 Å². The molecule has 25 heavy (non-hydrogen) atoms. The van der Waals surface area contributed by atoms with Gasteiger partial charge >= 0.3 is 0 Å². The molecule has 2 atom stereocenters. The molecule has 0 radical (unpaired) electrons. The van der Waals surface area contributed by atoms with Crippen LogP contribution >= 0.6 is 0 Å².